The Balaban J connectivity index is 1.70. The number of rotatable bonds is 4. The lowest BCUT2D eigenvalue weighted by atomic mass is 10.0. The Labute approximate surface area is 219 Å². The first-order chi connectivity index (χ1) is 16.6. The molecule has 3 saturated heterocycles. The van der Waals surface area contributed by atoms with Crippen LogP contribution in [-0.2, 0) is 39.7 Å². The standard InChI is InChI=1S/C20H20Cl2N2O8S4/c21-13-1-5-15(6-2-13)35(29,30)23-17-9-33(25,26)11-19(17)24(20-12-34(27,28)10-18(20)23)36(31,32)16-7-3-14(22)4-8-16/h1-8,17-20H,9-12H2/t17-,18+,19+,20-. The predicted octanol–water partition coefficient (Wildman–Crippen LogP) is 1.02. The van der Waals surface area contributed by atoms with Crippen molar-refractivity contribution < 1.29 is 33.7 Å². The summed E-state index contributed by atoms with van der Waals surface area (Å²) in [4.78, 5) is -0.404. The van der Waals surface area contributed by atoms with Crippen molar-refractivity contribution in [2.45, 2.75) is 34.0 Å². The molecule has 5 rings (SSSR count). The van der Waals surface area contributed by atoms with Gasteiger partial charge in [0.05, 0.1) is 57.0 Å². The number of piperazine rings is 1. The molecule has 3 aliphatic rings. The SMILES string of the molecule is O=S1(=O)C[C@@H]2[C@H](C1)N(S(=O)(=O)c1ccc(Cl)cc1)[C@@H]1CS(=O)(=O)C[C@@H]1N2S(=O)(=O)c1ccc(Cl)cc1. The van der Waals surface area contributed by atoms with E-state index in [2.05, 4.69) is 0 Å². The zero-order valence-electron chi connectivity index (χ0n) is 18.3. The van der Waals surface area contributed by atoms with Crippen LogP contribution < -0.4 is 0 Å². The first-order valence-electron chi connectivity index (χ1n) is 10.6. The summed E-state index contributed by atoms with van der Waals surface area (Å²) in [5.41, 5.74) is 0. The van der Waals surface area contributed by atoms with Gasteiger partial charge in [0.15, 0.2) is 19.7 Å². The van der Waals surface area contributed by atoms with Crippen LogP contribution in [0.4, 0.5) is 0 Å². The zero-order valence-corrected chi connectivity index (χ0v) is 23.1. The highest BCUT2D eigenvalue weighted by atomic mass is 35.5. The number of benzene rings is 2. The van der Waals surface area contributed by atoms with Crippen molar-refractivity contribution in [3.63, 3.8) is 0 Å². The van der Waals surface area contributed by atoms with Crippen molar-refractivity contribution in [1.29, 1.82) is 0 Å². The van der Waals surface area contributed by atoms with Gasteiger partial charge in [0, 0.05) is 10.0 Å². The predicted molar refractivity (Wildman–Crippen MR) is 133 cm³/mol. The highest BCUT2D eigenvalue weighted by Crippen LogP contribution is 2.43. The summed E-state index contributed by atoms with van der Waals surface area (Å²) in [6.45, 7) is 0. The lowest BCUT2D eigenvalue weighted by Crippen LogP contribution is -2.69. The largest absolute Gasteiger partial charge is 0.243 e. The van der Waals surface area contributed by atoms with Gasteiger partial charge in [-0.05, 0) is 48.5 Å². The molecule has 0 aromatic heterocycles. The molecule has 0 bridgehead atoms. The van der Waals surface area contributed by atoms with E-state index >= 15 is 0 Å². The molecular formula is C20H20Cl2N2O8S4. The maximum atomic E-state index is 13.8. The fourth-order valence-corrected chi connectivity index (χ4v) is 13.5. The number of sulfonamides is 2. The fraction of sp³-hybridized carbons (Fsp3) is 0.400. The van der Waals surface area contributed by atoms with Gasteiger partial charge in [-0.1, -0.05) is 23.2 Å². The van der Waals surface area contributed by atoms with Crippen LogP contribution in [-0.4, -0.2) is 89.5 Å². The molecule has 2 aromatic rings. The van der Waals surface area contributed by atoms with Crippen LogP contribution in [0.3, 0.4) is 0 Å². The minimum Gasteiger partial charge on any atom is -0.229 e. The van der Waals surface area contributed by atoms with Gasteiger partial charge < -0.3 is 0 Å². The van der Waals surface area contributed by atoms with Crippen molar-refractivity contribution in [3.8, 4) is 0 Å². The molecule has 0 N–H and O–H groups in total. The molecule has 0 radical (unpaired) electrons. The average Bonchev–Trinajstić information content (AvgIpc) is 3.24. The lowest BCUT2D eigenvalue weighted by molar-refractivity contribution is 0.0841. The van der Waals surface area contributed by atoms with Crippen LogP contribution >= 0.6 is 23.2 Å². The molecule has 4 atom stereocenters. The van der Waals surface area contributed by atoms with Gasteiger partial charge in [-0.15, -0.1) is 0 Å². The van der Waals surface area contributed by atoms with Crippen LogP contribution in [0.5, 0.6) is 0 Å². The van der Waals surface area contributed by atoms with E-state index < -0.39 is 86.9 Å². The first kappa shape index (κ1) is 26.4. The van der Waals surface area contributed by atoms with Gasteiger partial charge in [-0.2, -0.15) is 8.61 Å². The summed E-state index contributed by atoms with van der Waals surface area (Å²) in [6.07, 6.45) is 0. The quantitative estimate of drug-likeness (QED) is 0.496. The Morgan fingerprint density at radius 1 is 0.556 bits per heavy atom. The van der Waals surface area contributed by atoms with E-state index in [4.69, 9.17) is 23.2 Å². The first-order valence-corrected chi connectivity index (χ1v) is 17.9. The van der Waals surface area contributed by atoms with E-state index in [-0.39, 0.29) is 19.8 Å². The van der Waals surface area contributed by atoms with E-state index in [0.717, 1.165) is 8.61 Å². The zero-order chi connectivity index (χ0) is 26.3. The minimum atomic E-state index is -4.42. The van der Waals surface area contributed by atoms with Gasteiger partial charge in [0.1, 0.15) is 0 Å². The van der Waals surface area contributed by atoms with Crippen LogP contribution in [0, 0.1) is 0 Å². The van der Waals surface area contributed by atoms with Crippen molar-refractivity contribution in [3.05, 3.63) is 58.6 Å². The van der Waals surface area contributed by atoms with E-state index in [9.17, 15) is 33.7 Å². The van der Waals surface area contributed by atoms with Gasteiger partial charge in [0.25, 0.3) is 0 Å². The third-order valence-electron chi connectivity index (χ3n) is 6.67. The fourth-order valence-electron chi connectivity index (χ4n) is 5.25. The van der Waals surface area contributed by atoms with Gasteiger partial charge >= 0.3 is 0 Å². The Hall–Kier alpha value is -1.26. The molecular weight excluding hydrogens is 595 g/mol. The van der Waals surface area contributed by atoms with Gasteiger partial charge in [-0.3, -0.25) is 0 Å². The third kappa shape index (κ3) is 4.38. The molecule has 10 nitrogen and oxygen atoms in total. The third-order valence-corrected chi connectivity index (χ3v) is 14.5. The lowest BCUT2D eigenvalue weighted by Gasteiger charge is -2.48. The van der Waals surface area contributed by atoms with Crippen LogP contribution in [0.2, 0.25) is 10.0 Å². The molecule has 3 fully saturated rings. The maximum Gasteiger partial charge on any atom is 0.243 e. The molecule has 16 heteroatoms. The molecule has 0 unspecified atom stereocenters. The smallest absolute Gasteiger partial charge is 0.229 e. The van der Waals surface area contributed by atoms with E-state index in [1.165, 1.54) is 48.5 Å². The highest BCUT2D eigenvalue weighted by Gasteiger charge is 2.63. The summed E-state index contributed by atoms with van der Waals surface area (Å²) in [5, 5.41) is 0.547. The average molecular weight is 616 g/mol. The van der Waals surface area contributed by atoms with Crippen molar-refractivity contribution in [2.75, 3.05) is 23.0 Å². The minimum absolute atomic E-state index is 0.202. The molecule has 0 saturated carbocycles. The topological polar surface area (TPSA) is 143 Å². The summed E-state index contributed by atoms with van der Waals surface area (Å²) in [6, 6.07) is 5.11. The Morgan fingerprint density at radius 2 is 0.806 bits per heavy atom. The normalized spacial score (nSPS) is 30.1. The van der Waals surface area contributed by atoms with Crippen LogP contribution in [0.1, 0.15) is 0 Å². The van der Waals surface area contributed by atoms with Gasteiger partial charge in [0.2, 0.25) is 20.0 Å². The van der Waals surface area contributed by atoms with E-state index in [1.807, 2.05) is 0 Å². The molecule has 3 aliphatic heterocycles. The number of fused-ring (bicyclic) bond motifs is 2. The second-order valence-electron chi connectivity index (χ2n) is 9.00. The Bertz CT molecular complexity index is 1480. The van der Waals surface area contributed by atoms with Crippen molar-refractivity contribution in [2.24, 2.45) is 0 Å². The summed E-state index contributed by atoms with van der Waals surface area (Å²) < 4.78 is 108. The summed E-state index contributed by atoms with van der Waals surface area (Å²) in [5.74, 6) is -2.55. The van der Waals surface area contributed by atoms with Gasteiger partial charge in [-0.25, -0.2) is 33.7 Å². The van der Waals surface area contributed by atoms with Crippen molar-refractivity contribution >= 4 is 62.9 Å². The molecule has 196 valence electrons. The number of sulfone groups is 2. The second-order valence-corrected chi connectivity index (χ2v) is 17.9. The monoisotopic (exact) mass is 614 g/mol. The Morgan fingerprint density at radius 3 is 1.06 bits per heavy atom. The number of halogens is 2. The molecule has 3 heterocycles. The molecule has 36 heavy (non-hydrogen) atoms. The molecule has 0 amide bonds. The Kier molecular flexibility index (Phi) is 6.32. The van der Waals surface area contributed by atoms with E-state index in [1.54, 1.807) is 0 Å². The highest BCUT2D eigenvalue weighted by molar-refractivity contribution is 7.93. The number of nitrogens with zero attached hydrogens (tertiary/aromatic N) is 2. The molecule has 0 spiro atoms. The molecule has 0 aliphatic carbocycles. The van der Waals surface area contributed by atoms with Crippen LogP contribution in [0.15, 0.2) is 58.3 Å². The van der Waals surface area contributed by atoms with E-state index in [0.29, 0.717) is 0 Å². The molecule has 2 aromatic carbocycles. The maximum absolute atomic E-state index is 13.8. The van der Waals surface area contributed by atoms with Crippen molar-refractivity contribution in [1.82, 2.24) is 8.61 Å². The number of hydrogen-bond acceptors (Lipinski definition) is 8. The summed E-state index contributed by atoms with van der Waals surface area (Å²) >= 11 is 11.8. The van der Waals surface area contributed by atoms with Crippen LogP contribution in [0.25, 0.3) is 0 Å². The number of hydrogen-bond donors (Lipinski definition) is 0. The summed E-state index contributed by atoms with van der Waals surface area (Å²) in [7, 11) is -16.6. The second kappa shape index (κ2) is 8.63.